The zero-order valence-electron chi connectivity index (χ0n) is 11.1. The first-order valence-corrected chi connectivity index (χ1v) is 7.98. The molecule has 1 heterocycles. The minimum atomic E-state index is -3.98. The third-order valence-corrected chi connectivity index (χ3v) is 4.28. The maximum atomic E-state index is 11.9. The van der Waals surface area contributed by atoms with Gasteiger partial charge in [-0.2, -0.15) is 0 Å². The van der Waals surface area contributed by atoms with E-state index in [4.69, 9.17) is 14.7 Å². The Morgan fingerprint density at radius 2 is 1.86 bits per heavy atom. The fraction of sp³-hybridized carbons (Fsp3) is 0.500. The molecule has 0 radical (unpaired) electrons. The Balaban J connectivity index is 1.94. The summed E-state index contributed by atoms with van der Waals surface area (Å²) >= 11 is 0. The molecule has 1 fully saturated rings. The van der Waals surface area contributed by atoms with Gasteiger partial charge in [0.1, 0.15) is 0 Å². The van der Waals surface area contributed by atoms with Crippen LogP contribution in [0.15, 0.2) is 21.6 Å². The van der Waals surface area contributed by atoms with Gasteiger partial charge in [0.2, 0.25) is 5.09 Å². The Morgan fingerprint density at radius 3 is 2.33 bits per heavy atom. The van der Waals surface area contributed by atoms with Crippen LogP contribution < -0.4 is 10.5 Å². The van der Waals surface area contributed by atoms with Crippen LogP contribution in [0.2, 0.25) is 0 Å². The molecule has 1 aromatic rings. The summed E-state index contributed by atoms with van der Waals surface area (Å²) in [5, 5.41) is 16.0. The van der Waals surface area contributed by atoms with Gasteiger partial charge in [0.05, 0.1) is 5.92 Å². The normalized spacial score (nSPS) is 22.7. The van der Waals surface area contributed by atoms with Gasteiger partial charge in [-0.25, -0.2) is 13.6 Å². The van der Waals surface area contributed by atoms with E-state index in [1.54, 1.807) is 0 Å². The van der Waals surface area contributed by atoms with Gasteiger partial charge in [0.25, 0.3) is 15.9 Å². The van der Waals surface area contributed by atoms with Gasteiger partial charge in [0.15, 0.2) is 5.76 Å². The fourth-order valence-electron chi connectivity index (χ4n) is 2.34. The molecule has 8 nitrogen and oxygen atoms in total. The molecule has 1 aliphatic carbocycles. The van der Waals surface area contributed by atoms with Gasteiger partial charge in [0, 0.05) is 6.04 Å². The number of carboxylic acids is 1. The highest BCUT2D eigenvalue weighted by Gasteiger charge is 2.27. The van der Waals surface area contributed by atoms with Crippen molar-refractivity contribution in [3.05, 3.63) is 17.9 Å². The van der Waals surface area contributed by atoms with E-state index < -0.39 is 27.0 Å². The average molecular weight is 316 g/mol. The number of carbonyl (C=O) groups excluding carboxylic acids is 1. The lowest BCUT2D eigenvalue weighted by atomic mass is 9.86. The van der Waals surface area contributed by atoms with Crippen molar-refractivity contribution in [1.82, 2.24) is 5.32 Å². The minimum absolute atomic E-state index is 0.139. The maximum absolute atomic E-state index is 11.9. The van der Waals surface area contributed by atoms with Crippen LogP contribution in [-0.4, -0.2) is 31.4 Å². The number of rotatable bonds is 4. The molecule has 0 aliphatic heterocycles. The standard InChI is InChI=1S/C12H16N2O6S/c13-21(18,19)10-6-5-9(20-10)11(15)14-8-3-1-7(2-4-8)12(16)17/h5-8H,1-4H2,(H,14,15)(H,16,17)(H2,13,18,19). The van der Waals surface area contributed by atoms with Crippen molar-refractivity contribution >= 4 is 21.9 Å². The van der Waals surface area contributed by atoms with E-state index in [-0.39, 0.29) is 17.7 Å². The van der Waals surface area contributed by atoms with Crippen LogP contribution >= 0.6 is 0 Å². The summed E-state index contributed by atoms with van der Waals surface area (Å²) in [6.07, 6.45) is 2.12. The summed E-state index contributed by atoms with van der Waals surface area (Å²) in [7, 11) is -3.98. The highest BCUT2D eigenvalue weighted by Crippen LogP contribution is 2.24. The number of amides is 1. The van der Waals surface area contributed by atoms with Crippen molar-refractivity contribution < 1.29 is 27.5 Å². The first-order chi connectivity index (χ1) is 9.77. The van der Waals surface area contributed by atoms with Crippen molar-refractivity contribution in [2.24, 2.45) is 11.1 Å². The zero-order chi connectivity index (χ0) is 15.6. The predicted octanol–water partition coefficient (Wildman–Crippen LogP) is 0.300. The summed E-state index contributed by atoms with van der Waals surface area (Å²) in [4.78, 5) is 22.7. The summed E-state index contributed by atoms with van der Waals surface area (Å²) in [6, 6.07) is 2.21. The van der Waals surface area contributed by atoms with Crippen LogP contribution in [-0.2, 0) is 14.8 Å². The molecule has 0 atom stereocenters. The van der Waals surface area contributed by atoms with Crippen molar-refractivity contribution in [2.75, 3.05) is 0 Å². The molecule has 9 heteroatoms. The summed E-state index contributed by atoms with van der Waals surface area (Å²) in [5.41, 5.74) is 0. The van der Waals surface area contributed by atoms with Crippen molar-refractivity contribution in [1.29, 1.82) is 0 Å². The van der Waals surface area contributed by atoms with E-state index in [9.17, 15) is 18.0 Å². The molecule has 21 heavy (non-hydrogen) atoms. The van der Waals surface area contributed by atoms with E-state index in [1.807, 2.05) is 0 Å². The molecule has 4 N–H and O–H groups in total. The number of hydrogen-bond acceptors (Lipinski definition) is 5. The van der Waals surface area contributed by atoms with Gasteiger partial charge in [-0.15, -0.1) is 0 Å². The van der Waals surface area contributed by atoms with Gasteiger partial charge < -0.3 is 14.8 Å². The SMILES string of the molecule is NS(=O)(=O)c1ccc(C(=O)NC2CCC(C(=O)O)CC2)o1. The van der Waals surface area contributed by atoms with E-state index in [1.165, 1.54) is 6.07 Å². The fourth-order valence-corrected chi connectivity index (χ4v) is 2.80. The van der Waals surface area contributed by atoms with Crippen LogP contribution in [0.4, 0.5) is 0 Å². The van der Waals surface area contributed by atoms with E-state index >= 15 is 0 Å². The molecule has 0 bridgehead atoms. The molecule has 0 aromatic carbocycles. The predicted molar refractivity (Wildman–Crippen MR) is 70.9 cm³/mol. The number of nitrogens with one attached hydrogen (secondary N) is 1. The lowest BCUT2D eigenvalue weighted by molar-refractivity contribution is -0.142. The van der Waals surface area contributed by atoms with Crippen LogP contribution in [0.25, 0.3) is 0 Å². The zero-order valence-corrected chi connectivity index (χ0v) is 11.9. The minimum Gasteiger partial charge on any atom is -0.481 e. The van der Waals surface area contributed by atoms with E-state index in [0.717, 1.165) is 6.07 Å². The van der Waals surface area contributed by atoms with Crippen LogP contribution in [0, 0.1) is 5.92 Å². The van der Waals surface area contributed by atoms with Gasteiger partial charge >= 0.3 is 5.97 Å². The van der Waals surface area contributed by atoms with Gasteiger partial charge in [-0.05, 0) is 37.8 Å². The lowest BCUT2D eigenvalue weighted by Crippen LogP contribution is -2.38. The Labute approximate surface area is 121 Å². The number of nitrogens with two attached hydrogens (primary N) is 1. The summed E-state index contributed by atoms with van der Waals surface area (Å²) in [5.74, 6) is -1.86. The average Bonchev–Trinajstić information content (AvgIpc) is 2.88. The second kappa shape index (κ2) is 5.86. The number of primary sulfonamides is 1. The first-order valence-electron chi connectivity index (χ1n) is 6.43. The topological polar surface area (TPSA) is 140 Å². The Kier molecular flexibility index (Phi) is 4.33. The molecule has 116 valence electrons. The van der Waals surface area contributed by atoms with Crippen molar-refractivity contribution in [2.45, 2.75) is 36.8 Å². The number of carbonyl (C=O) groups is 2. The number of carboxylic acid groups (broad SMARTS) is 1. The maximum Gasteiger partial charge on any atom is 0.306 e. The Hall–Kier alpha value is -1.87. The smallest absolute Gasteiger partial charge is 0.306 e. The number of sulfonamides is 1. The molecule has 1 aliphatic rings. The second-order valence-corrected chi connectivity index (χ2v) is 6.52. The highest BCUT2D eigenvalue weighted by molar-refractivity contribution is 7.89. The first kappa shape index (κ1) is 15.5. The largest absolute Gasteiger partial charge is 0.481 e. The molecule has 0 unspecified atom stereocenters. The molecule has 1 saturated carbocycles. The molecule has 1 aromatic heterocycles. The molecular weight excluding hydrogens is 300 g/mol. The second-order valence-electron chi connectivity index (χ2n) is 5.02. The van der Waals surface area contributed by atoms with Crippen molar-refractivity contribution in [3.63, 3.8) is 0 Å². The number of furan rings is 1. The summed E-state index contributed by atoms with van der Waals surface area (Å²) < 4.78 is 27.0. The molecular formula is C12H16N2O6S. The third-order valence-electron chi connectivity index (χ3n) is 3.50. The van der Waals surface area contributed by atoms with Gasteiger partial charge in [-0.3, -0.25) is 9.59 Å². The summed E-state index contributed by atoms with van der Waals surface area (Å²) in [6.45, 7) is 0. The molecule has 0 spiro atoms. The number of aliphatic carboxylic acids is 1. The monoisotopic (exact) mass is 316 g/mol. The Bertz CT molecular complexity index is 642. The van der Waals surface area contributed by atoms with Crippen LogP contribution in [0.3, 0.4) is 0 Å². The molecule has 0 saturated heterocycles. The number of hydrogen-bond donors (Lipinski definition) is 3. The highest BCUT2D eigenvalue weighted by atomic mass is 32.2. The third kappa shape index (κ3) is 3.82. The van der Waals surface area contributed by atoms with Crippen molar-refractivity contribution in [3.8, 4) is 0 Å². The van der Waals surface area contributed by atoms with Crippen LogP contribution in [0.1, 0.15) is 36.2 Å². The van der Waals surface area contributed by atoms with Gasteiger partial charge in [-0.1, -0.05) is 0 Å². The van der Waals surface area contributed by atoms with E-state index in [2.05, 4.69) is 5.32 Å². The quantitative estimate of drug-likeness (QED) is 0.730. The van der Waals surface area contributed by atoms with Crippen LogP contribution in [0.5, 0.6) is 0 Å². The lowest BCUT2D eigenvalue weighted by Gasteiger charge is -2.26. The van der Waals surface area contributed by atoms with E-state index in [0.29, 0.717) is 25.7 Å². The molecule has 1 amide bonds. The molecule has 2 rings (SSSR count). The Morgan fingerprint density at radius 1 is 1.24 bits per heavy atom.